The van der Waals surface area contributed by atoms with E-state index in [2.05, 4.69) is 10.5 Å². The van der Waals surface area contributed by atoms with Gasteiger partial charge in [0.15, 0.2) is 18.1 Å². The number of amides is 1. The Kier molecular flexibility index (Phi) is 5.25. The number of ether oxygens (including phenoxy) is 4. The van der Waals surface area contributed by atoms with Crippen LogP contribution in [0.2, 0.25) is 5.02 Å². The quantitative estimate of drug-likeness (QED) is 0.631. The number of hydrazone groups is 1. The van der Waals surface area contributed by atoms with Gasteiger partial charge in [-0.05, 0) is 18.2 Å². The Morgan fingerprint density at radius 3 is 2.80 bits per heavy atom. The molecule has 0 bridgehead atoms. The van der Waals surface area contributed by atoms with Crippen LogP contribution in [-0.2, 0) is 4.79 Å². The van der Waals surface area contributed by atoms with Crippen LogP contribution in [0.4, 0.5) is 0 Å². The molecule has 0 aromatic heterocycles. The molecule has 2 aromatic carbocycles. The standard InChI is InChI=1S/C17H15ClN2O5/c1-22-14-7-16-15(24-10-25-16)6-11(14)8-19-20-17(21)9-23-13-5-3-2-4-12(13)18/h2-8H,9-10H2,1H3,(H,20,21)/b19-8-. The van der Waals surface area contributed by atoms with E-state index in [9.17, 15) is 4.79 Å². The summed E-state index contributed by atoms with van der Waals surface area (Å²) >= 11 is 5.95. The fourth-order valence-electron chi connectivity index (χ4n) is 2.13. The lowest BCUT2D eigenvalue weighted by atomic mass is 10.2. The van der Waals surface area contributed by atoms with Crippen molar-refractivity contribution < 1.29 is 23.7 Å². The number of rotatable bonds is 6. The number of fused-ring (bicyclic) bond motifs is 1. The van der Waals surface area contributed by atoms with Crippen molar-refractivity contribution in [2.75, 3.05) is 20.5 Å². The Bertz CT molecular complexity index is 810. The molecule has 130 valence electrons. The number of nitrogens with one attached hydrogen (secondary N) is 1. The number of halogens is 1. The lowest BCUT2D eigenvalue weighted by molar-refractivity contribution is -0.123. The van der Waals surface area contributed by atoms with Crippen LogP contribution in [0.3, 0.4) is 0 Å². The molecule has 0 saturated carbocycles. The molecule has 0 saturated heterocycles. The van der Waals surface area contributed by atoms with Gasteiger partial charge in [-0.25, -0.2) is 5.43 Å². The highest BCUT2D eigenvalue weighted by Crippen LogP contribution is 2.37. The van der Waals surface area contributed by atoms with Crippen molar-refractivity contribution in [3.05, 3.63) is 47.0 Å². The van der Waals surface area contributed by atoms with Crippen molar-refractivity contribution in [2.45, 2.75) is 0 Å². The summed E-state index contributed by atoms with van der Waals surface area (Å²) in [6, 6.07) is 10.3. The number of carbonyl (C=O) groups excluding carboxylic acids is 1. The minimum absolute atomic E-state index is 0.162. The Morgan fingerprint density at radius 2 is 2.04 bits per heavy atom. The van der Waals surface area contributed by atoms with Crippen LogP contribution >= 0.6 is 11.6 Å². The lowest BCUT2D eigenvalue weighted by Gasteiger charge is -2.07. The number of hydrogen-bond acceptors (Lipinski definition) is 6. The number of carbonyl (C=O) groups is 1. The van der Waals surface area contributed by atoms with Gasteiger partial charge in [-0.15, -0.1) is 0 Å². The maximum absolute atomic E-state index is 11.8. The van der Waals surface area contributed by atoms with Gasteiger partial charge in [-0.2, -0.15) is 5.10 Å². The van der Waals surface area contributed by atoms with Gasteiger partial charge in [-0.1, -0.05) is 23.7 Å². The fraction of sp³-hybridized carbons (Fsp3) is 0.176. The van der Waals surface area contributed by atoms with Crippen molar-refractivity contribution in [1.82, 2.24) is 5.43 Å². The summed E-state index contributed by atoms with van der Waals surface area (Å²) in [4.78, 5) is 11.8. The Hall–Kier alpha value is -2.93. The molecule has 0 unspecified atom stereocenters. The molecule has 3 rings (SSSR count). The highest BCUT2D eigenvalue weighted by atomic mass is 35.5. The molecule has 8 heteroatoms. The van der Waals surface area contributed by atoms with Crippen molar-refractivity contribution in [2.24, 2.45) is 5.10 Å². The summed E-state index contributed by atoms with van der Waals surface area (Å²) in [5.74, 6) is 1.76. The number of nitrogens with zero attached hydrogens (tertiary/aromatic N) is 1. The maximum Gasteiger partial charge on any atom is 0.277 e. The zero-order chi connectivity index (χ0) is 17.6. The Morgan fingerprint density at radius 1 is 1.28 bits per heavy atom. The molecule has 2 aromatic rings. The van der Waals surface area contributed by atoms with Crippen molar-refractivity contribution in [3.63, 3.8) is 0 Å². The van der Waals surface area contributed by atoms with Crippen LogP contribution in [-0.4, -0.2) is 32.6 Å². The molecule has 0 spiro atoms. The average molecular weight is 363 g/mol. The van der Waals surface area contributed by atoms with E-state index in [1.807, 2.05) is 0 Å². The van der Waals surface area contributed by atoms with Crippen LogP contribution in [0.15, 0.2) is 41.5 Å². The summed E-state index contributed by atoms with van der Waals surface area (Å²) in [6.07, 6.45) is 1.45. The first-order chi connectivity index (χ1) is 12.2. The predicted molar refractivity (Wildman–Crippen MR) is 91.8 cm³/mol. The summed E-state index contributed by atoms with van der Waals surface area (Å²) in [5.41, 5.74) is 3.01. The van der Waals surface area contributed by atoms with Gasteiger partial charge >= 0.3 is 0 Å². The van der Waals surface area contributed by atoms with E-state index in [1.165, 1.54) is 13.3 Å². The maximum atomic E-state index is 11.8. The minimum Gasteiger partial charge on any atom is -0.496 e. The third-order valence-electron chi connectivity index (χ3n) is 3.31. The molecular formula is C17H15ClN2O5. The number of para-hydroxylation sites is 1. The number of hydrogen-bond donors (Lipinski definition) is 1. The Labute approximate surface area is 149 Å². The molecular weight excluding hydrogens is 348 g/mol. The zero-order valence-corrected chi connectivity index (χ0v) is 14.1. The van der Waals surface area contributed by atoms with Crippen molar-refractivity contribution >= 4 is 23.7 Å². The molecule has 1 N–H and O–H groups in total. The second kappa shape index (κ2) is 7.76. The molecule has 7 nitrogen and oxygen atoms in total. The van der Waals surface area contributed by atoms with Crippen LogP contribution in [0.1, 0.15) is 5.56 Å². The summed E-state index contributed by atoms with van der Waals surface area (Å²) < 4.78 is 21.2. The summed E-state index contributed by atoms with van der Waals surface area (Å²) in [6.45, 7) is -0.0471. The van der Waals surface area contributed by atoms with Gasteiger partial charge in [0.25, 0.3) is 5.91 Å². The topological polar surface area (TPSA) is 78.4 Å². The second-order valence-electron chi connectivity index (χ2n) is 4.96. The van der Waals surface area contributed by atoms with Crippen LogP contribution in [0, 0.1) is 0 Å². The number of methoxy groups -OCH3 is 1. The molecule has 25 heavy (non-hydrogen) atoms. The monoisotopic (exact) mass is 362 g/mol. The first-order valence-electron chi connectivity index (χ1n) is 7.34. The van der Waals surface area contributed by atoms with Crippen molar-refractivity contribution in [3.8, 4) is 23.0 Å². The van der Waals surface area contributed by atoms with Gasteiger partial charge in [0.1, 0.15) is 11.5 Å². The molecule has 1 heterocycles. The third kappa shape index (κ3) is 4.13. The first kappa shape index (κ1) is 16.9. The lowest BCUT2D eigenvalue weighted by Crippen LogP contribution is -2.24. The summed E-state index contributed by atoms with van der Waals surface area (Å²) in [7, 11) is 1.53. The van der Waals surface area contributed by atoms with Crippen LogP contribution < -0.4 is 24.4 Å². The largest absolute Gasteiger partial charge is 0.496 e. The van der Waals surface area contributed by atoms with E-state index in [-0.39, 0.29) is 13.4 Å². The number of benzene rings is 2. The van der Waals surface area contributed by atoms with Gasteiger partial charge < -0.3 is 18.9 Å². The molecule has 0 radical (unpaired) electrons. The van der Waals surface area contributed by atoms with Gasteiger partial charge in [0, 0.05) is 11.6 Å². The van der Waals surface area contributed by atoms with E-state index >= 15 is 0 Å². The third-order valence-corrected chi connectivity index (χ3v) is 3.63. The molecule has 1 amide bonds. The summed E-state index contributed by atoms with van der Waals surface area (Å²) in [5, 5.41) is 4.33. The molecule has 0 aliphatic carbocycles. The smallest absolute Gasteiger partial charge is 0.277 e. The second-order valence-corrected chi connectivity index (χ2v) is 5.37. The van der Waals surface area contributed by atoms with Gasteiger partial charge in [0.05, 0.1) is 18.3 Å². The fourth-order valence-corrected chi connectivity index (χ4v) is 2.32. The molecule has 1 aliphatic rings. The molecule has 0 atom stereocenters. The Balaban J connectivity index is 1.58. The van der Waals surface area contributed by atoms with Gasteiger partial charge in [-0.3, -0.25) is 4.79 Å². The first-order valence-corrected chi connectivity index (χ1v) is 7.72. The predicted octanol–water partition coefficient (Wildman–Crippen LogP) is 2.61. The van der Waals surface area contributed by atoms with Gasteiger partial charge in [0.2, 0.25) is 6.79 Å². The molecule has 1 aliphatic heterocycles. The average Bonchev–Trinajstić information content (AvgIpc) is 3.07. The van der Waals surface area contributed by atoms with E-state index in [0.717, 1.165) is 0 Å². The highest BCUT2D eigenvalue weighted by Gasteiger charge is 2.17. The highest BCUT2D eigenvalue weighted by molar-refractivity contribution is 6.32. The van der Waals surface area contributed by atoms with E-state index in [0.29, 0.717) is 33.6 Å². The van der Waals surface area contributed by atoms with E-state index in [4.69, 9.17) is 30.5 Å². The zero-order valence-electron chi connectivity index (χ0n) is 13.3. The van der Waals surface area contributed by atoms with E-state index < -0.39 is 5.91 Å². The normalized spacial score (nSPS) is 12.2. The minimum atomic E-state index is -0.420. The van der Waals surface area contributed by atoms with Crippen molar-refractivity contribution in [1.29, 1.82) is 0 Å². The van der Waals surface area contributed by atoms with Crippen LogP contribution in [0.5, 0.6) is 23.0 Å². The van der Waals surface area contributed by atoms with Crippen LogP contribution in [0.25, 0.3) is 0 Å². The van der Waals surface area contributed by atoms with E-state index in [1.54, 1.807) is 36.4 Å². The molecule has 0 fully saturated rings. The SMILES string of the molecule is COc1cc2c(cc1/C=N\NC(=O)COc1ccccc1Cl)OCO2.